The second-order valence-corrected chi connectivity index (χ2v) is 7.48. The van der Waals surface area contributed by atoms with E-state index in [1.165, 1.54) is 56.3 Å². The maximum Gasteiger partial charge on any atom is 0.0440 e. The van der Waals surface area contributed by atoms with Crippen molar-refractivity contribution in [3.63, 3.8) is 0 Å². The second-order valence-electron chi connectivity index (χ2n) is 7.48. The van der Waals surface area contributed by atoms with Gasteiger partial charge in [-0.15, -0.1) is 0 Å². The summed E-state index contributed by atoms with van der Waals surface area (Å²) in [5, 5.41) is 3.62. The van der Waals surface area contributed by atoms with E-state index in [0.717, 1.165) is 30.3 Å². The Morgan fingerprint density at radius 2 is 2.14 bits per heavy atom. The predicted octanol–water partition coefficient (Wildman–Crippen LogP) is 3.21. The van der Waals surface area contributed by atoms with Crippen molar-refractivity contribution in [2.75, 3.05) is 18.5 Å². The highest BCUT2D eigenvalue weighted by molar-refractivity contribution is 5.51. The van der Waals surface area contributed by atoms with Crippen molar-refractivity contribution < 1.29 is 0 Å². The van der Waals surface area contributed by atoms with Crippen molar-refractivity contribution >= 4 is 5.69 Å². The lowest BCUT2D eigenvalue weighted by molar-refractivity contribution is 0.337. The molecule has 3 aliphatic carbocycles. The molecular weight excluding hydrogens is 258 g/mol. The molecule has 3 saturated carbocycles. The Morgan fingerprint density at radius 3 is 2.86 bits per heavy atom. The average molecular weight is 285 g/mol. The van der Waals surface area contributed by atoms with Crippen LogP contribution in [0.4, 0.5) is 5.69 Å². The van der Waals surface area contributed by atoms with E-state index >= 15 is 0 Å². The topological polar surface area (TPSA) is 28.2 Å². The van der Waals surface area contributed by atoms with Gasteiger partial charge in [-0.05, 0) is 55.9 Å². The zero-order chi connectivity index (χ0) is 14.2. The van der Waals surface area contributed by atoms with Gasteiger partial charge in [0, 0.05) is 49.8 Å². The summed E-state index contributed by atoms with van der Waals surface area (Å²) in [5.41, 5.74) is 2.73. The van der Waals surface area contributed by atoms with E-state index in [0.29, 0.717) is 0 Å². The number of aromatic nitrogens is 1. The monoisotopic (exact) mass is 285 g/mol. The van der Waals surface area contributed by atoms with Gasteiger partial charge in [0.05, 0.1) is 0 Å². The Balaban J connectivity index is 1.41. The van der Waals surface area contributed by atoms with E-state index in [1.807, 2.05) is 12.4 Å². The SMILES string of the molecule is CN(CC1CC2CCC1C2)c1ccncc1CNC1CC1. The molecule has 114 valence electrons. The van der Waals surface area contributed by atoms with Crippen molar-refractivity contribution in [3.8, 4) is 0 Å². The van der Waals surface area contributed by atoms with Crippen molar-refractivity contribution in [2.45, 2.75) is 51.1 Å². The Kier molecular flexibility index (Phi) is 3.62. The number of rotatable bonds is 6. The van der Waals surface area contributed by atoms with Crippen LogP contribution in [0.3, 0.4) is 0 Å². The Hall–Kier alpha value is -1.09. The molecule has 21 heavy (non-hydrogen) atoms. The van der Waals surface area contributed by atoms with Crippen LogP contribution in [0.2, 0.25) is 0 Å². The van der Waals surface area contributed by atoms with Gasteiger partial charge in [0.25, 0.3) is 0 Å². The summed E-state index contributed by atoms with van der Waals surface area (Å²) < 4.78 is 0. The van der Waals surface area contributed by atoms with E-state index in [9.17, 15) is 0 Å². The third-order valence-corrected chi connectivity index (χ3v) is 5.84. The lowest BCUT2D eigenvalue weighted by atomic mass is 9.88. The highest BCUT2D eigenvalue weighted by Crippen LogP contribution is 2.48. The van der Waals surface area contributed by atoms with Crippen molar-refractivity contribution in [1.29, 1.82) is 0 Å². The largest absolute Gasteiger partial charge is 0.374 e. The van der Waals surface area contributed by atoms with Crippen LogP contribution in [-0.4, -0.2) is 24.6 Å². The molecule has 2 bridgehead atoms. The molecule has 3 heteroatoms. The first-order valence-electron chi connectivity index (χ1n) is 8.67. The Labute approximate surface area is 128 Å². The summed E-state index contributed by atoms with van der Waals surface area (Å²) in [6.45, 7) is 2.19. The van der Waals surface area contributed by atoms with Gasteiger partial charge in [-0.25, -0.2) is 0 Å². The van der Waals surface area contributed by atoms with Crippen LogP contribution >= 0.6 is 0 Å². The van der Waals surface area contributed by atoms with Crippen LogP contribution in [0.25, 0.3) is 0 Å². The van der Waals surface area contributed by atoms with Gasteiger partial charge in [0.1, 0.15) is 0 Å². The molecule has 0 aliphatic heterocycles. The highest BCUT2D eigenvalue weighted by Gasteiger charge is 2.39. The molecule has 3 aliphatic rings. The Bertz CT molecular complexity index is 497. The lowest BCUT2D eigenvalue weighted by Gasteiger charge is -2.29. The van der Waals surface area contributed by atoms with E-state index in [2.05, 4.69) is 28.3 Å². The minimum absolute atomic E-state index is 0.758. The fraction of sp³-hybridized carbons (Fsp3) is 0.722. The molecular formula is C18H27N3. The molecule has 1 aromatic rings. The quantitative estimate of drug-likeness (QED) is 0.870. The normalized spacial score (nSPS) is 30.8. The fourth-order valence-corrected chi connectivity index (χ4v) is 4.52. The van der Waals surface area contributed by atoms with Crippen LogP contribution in [0.5, 0.6) is 0 Å². The summed E-state index contributed by atoms with van der Waals surface area (Å²) in [6, 6.07) is 2.95. The summed E-state index contributed by atoms with van der Waals surface area (Å²) in [6.07, 6.45) is 12.6. The van der Waals surface area contributed by atoms with Crippen LogP contribution in [0.1, 0.15) is 44.1 Å². The minimum Gasteiger partial charge on any atom is -0.374 e. The zero-order valence-electron chi connectivity index (χ0n) is 13.1. The van der Waals surface area contributed by atoms with Gasteiger partial charge in [0.2, 0.25) is 0 Å². The standard InChI is InChI=1S/C18H27N3/c1-21(12-15-9-13-2-3-14(15)8-13)18-6-7-19-10-16(18)11-20-17-4-5-17/h6-7,10,13-15,17,20H,2-5,8-9,11-12H2,1H3. The van der Waals surface area contributed by atoms with Gasteiger partial charge in [-0.1, -0.05) is 6.42 Å². The number of nitrogens with one attached hydrogen (secondary N) is 1. The molecule has 4 rings (SSSR count). The van der Waals surface area contributed by atoms with Crippen LogP contribution < -0.4 is 10.2 Å². The highest BCUT2D eigenvalue weighted by atomic mass is 15.1. The summed E-state index contributed by atoms with van der Waals surface area (Å²) in [5.74, 6) is 2.97. The maximum absolute atomic E-state index is 4.33. The average Bonchev–Trinajstić information content (AvgIpc) is 3.11. The maximum atomic E-state index is 4.33. The van der Waals surface area contributed by atoms with Gasteiger partial charge < -0.3 is 10.2 Å². The van der Waals surface area contributed by atoms with Crippen molar-refractivity contribution in [3.05, 3.63) is 24.0 Å². The fourth-order valence-electron chi connectivity index (χ4n) is 4.52. The molecule has 1 heterocycles. The molecule has 3 fully saturated rings. The van der Waals surface area contributed by atoms with Crippen molar-refractivity contribution in [1.82, 2.24) is 10.3 Å². The molecule has 1 N–H and O–H groups in total. The molecule has 3 nitrogen and oxygen atoms in total. The zero-order valence-corrected chi connectivity index (χ0v) is 13.1. The van der Waals surface area contributed by atoms with Gasteiger partial charge in [0.15, 0.2) is 0 Å². The smallest absolute Gasteiger partial charge is 0.0440 e. The molecule has 3 atom stereocenters. The number of nitrogens with zero attached hydrogens (tertiary/aromatic N) is 2. The molecule has 0 amide bonds. The first-order valence-corrected chi connectivity index (χ1v) is 8.67. The number of pyridine rings is 1. The third kappa shape index (κ3) is 2.94. The van der Waals surface area contributed by atoms with E-state index in [-0.39, 0.29) is 0 Å². The third-order valence-electron chi connectivity index (χ3n) is 5.84. The molecule has 0 saturated heterocycles. The first-order chi connectivity index (χ1) is 10.3. The summed E-state index contributed by atoms with van der Waals surface area (Å²) in [4.78, 5) is 6.81. The van der Waals surface area contributed by atoms with Crippen LogP contribution in [-0.2, 0) is 6.54 Å². The second kappa shape index (κ2) is 5.60. The van der Waals surface area contributed by atoms with Gasteiger partial charge in [-0.3, -0.25) is 4.98 Å². The summed E-state index contributed by atoms with van der Waals surface area (Å²) >= 11 is 0. The molecule has 0 aromatic carbocycles. The molecule has 3 unspecified atom stereocenters. The molecule has 1 aromatic heterocycles. The van der Waals surface area contributed by atoms with Crippen LogP contribution in [0.15, 0.2) is 18.5 Å². The number of hydrogen-bond acceptors (Lipinski definition) is 3. The van der Waals surface area contributed by atoms with E-state index in [4.69, 9.17) is 0 Å². The molecule has 0 radical (unpaired) electrons. The van der Waals surface area contributed by atoms with E-state index in [1.54, 1.807) is 0 Å². The summed E-state index contributed by atoms with van der Waals surface area (Å²) in [7, 11) is 2.27. The number of fused-ring (bicyclic) bond motifs is 2. The van der Waals surface area contributed by atoms with Crippen molar-refractivity contribution in [2.24, 2.45) is 17.8 Å². The number of anilines is 1. The van der Waals surface area contributed by atoms with E-state index < -0.39 is 0 Å². The predicted molar refractivity (Wildman–Crippen MR) is 86.3 cm³/mol. The van der Waals surface area contributed by atoms with Gasteiger partial charge >= 0.3 is 0 Å². The molecule has 0 spiro atoms. The minimum atomic E-state index is 0.758. The first kappa shape index (κ1) is 13.6. The number of hydrogen-bond donors (Lipinski definition) is 1. The van der Waals surface area contributed by atoms with Gasteiger partial charge in [-0.2, -0.15) is 0 Å². The van der Waals surface area contributed by atoms with Crippen LogP contribution in [0, 0.1) is 17.8 Å². The Morgan fingerprint density at radius 1 is 1.24 bits per heavy atom. The lowest BCUT2D eigenvalue weighted by Crippen LogP contribution is -2.30.